The molecule has 1 heterocycles. The summed E-state index contributed by atoms with van der Waals surface area (Å²) >= 11 is 0. The van der Waals surface area contributed by atoms with Gasteiger partial charge in [-0.25, -0.2) is 9.48 Å². The molecule has 0 aliphatic rings. The van der Waals surface area contributed by atoms with Crippen molar-refractivity contribution < 1.29 is 14.7 Å². The Morgan fingerprint density at radius 2 is 2.24 bits per heavy atom. The highest BCUT2D eigenvalue weighted by Crippen LogP contribution is 2.16. The van der Waals surface area contributed by atoms with Crippen LogP contribution in [0.2, 0.25) is 0 Å². The van der Waals surface area contributed by atoms with Crippen molar-refractivity contribution in [2.24, 2.45) is 0 Å². The largest absolute Gasteiger partial charge is 0.478 e. The van der Waals surface area contributed by atoms with Gasteiger partial charge in [-0.05, 0) is 18.6 Å². The van der Waals surface area contributed by atoms with Gasteiger partial charge in [0.25, 0.3) is 0 Å². The molecule has 0 unspecified atom stereocenters. The zero-order chi connectivity index (χ0) is 12.4. The third kappa shape index (κ3) is 1.94. The molecule has 86 valence electrons. The predicted molar refractivity (Wildman–Crippen MR) is 60.6 cm³/mol. The average Bonchev–Trinajstić information content (AvgIpc) is 2.77. The van der Waals surface area contributed by atoms with Crippen molar-refractivity contribution in [3.63, 3.8) is 0 Å². The summed E-state index contributed by atoms with van der Waals surface area (Å²) in [5, 5.41) is 12.7. The maximum atomic E-state index is 11.0. The van der Waals surface area contributed by atoms with Gasteiger partial charge in [0, 0.05) is 11.8 Å². The summed E-state index contributed by atoms with van der Waals surface area (Å²) < 4.78 is 1.39. The first kappa shape index (κ1) is 11.1. The smallest absolute Gasteiger partial charge is 0.338 e. The van der Waals surface area contributed by atoms with Gasteiger partial charge < -0.3 is 5.11 Å². The van der Waals surface area contributed by atoms with E-state index in [4.69, 9.17) is 5.11 Å². The van der Waals surface area contributed by atoms with Crippen LogP contribution in [0.15, 0.2) is 30.6 Å². The number of carbonyl (C=O) groups excluding carboxylic acids is 1. The second kappa shape index (κ2) is 4.21. The van der Waals surface area contributed by atoms with Crippen LogP contribution >= 0.6 is 0 Å². The average molecular weight is 230 g/mol. The number of carboxylic acids is 1. The normalized spacial score (nSPS) is 10.2. The van der Waals surface area contributed by atoms with E-state index in [1.807, 2.05) is 13.0 Å². The van der Waals surface area contributed by atoms with Gasteiger partial charge in [0.2, 0.25) is 0 Å². The lowest BCUT2D eigenvalue weighted by Crippen LogP contribution is -2.01. The van der Waals surface area contributed by atoms with Gasteiger partial charge in [-0.1, -0.05) is 12.1 Å². The van der Waals surface area contributed by atoms with Gasteiger partial charge >= 0.3 is 5.97 Å². The van der Waals surface area contributed by atoms with E-state index in [-0.39, 0.29) is 5.56 Å². The molecule has 0 radical (unpaired) electrons. The molecule has 1 aromatic heterocycles. The van der Waals surface area contributed by atoms with Crippen LogP contribution < -0.4 is 0 Å². The Balaban J connectivity index is 2.56. The molecule has 1 aromatic carbocycles. The number of nitrogens with zero attached hydrogens (tertiary/aromatic N) is 2. The van der Waals surface area contributed by atoms with E-state index < -0.39 is 5.97 Å². The predicted octanol–water partition coefficient (Wildman–Crippen LogP) is 1.69. The van der Waals surface area contributed by atoms with E-state index in [0.29, 0.717) is 11.3 Å². The van der Waals surface area contributed by atoms with Crippen LogP contribution in [-0.4, -0.2) is 27.1 Å². The molecule has 0 saturated heterocycles. The number of hydrogen-bond acceptors (Lipinski definition) is 3. The fourth-order valence-corrected chi connectivity index (χ4v) is 1.58. The van der Waals surface area contributed by atoms with Crippen molar-refractivity contribution in [1.29, 1.82) is 0 Å². The number of aryl methyl sites for hydroxylation is 1. The quantitative estimate of drug-likeness (QED) is 0.814. The Bertz CT molecular complexity index is 587. The minimum atomic E-state index is -1.04. The molecule has 2 rings (SSSR count). The van der Waals surface area contributed by atoms with E-state index in [2.05, 4.69) is 5.10 Å². The van der Waals surface area contributed by atoms with Crippen molar-refractivity contribution in [2.75, 3.05) is 0 Å². The van der Waals surface area contributed by atoms with E-state index in [0.717, 1.165) is 11.8 Å². The SMILES string of the molecule is Cc1cccc(-n2cc(C(=O)O)cn2)c1C=O. The number of carboxylic acid groups (broad SMARTS) is 1. The summed E-state index contributed by atoms with van der Waals surface area (Å²) in [4.78, 5) is 21.7. The molecule has 0 bridgehead atoms. The Kier molecular flexibility index (Phi) is 2.74. The standard InChI is InChI=1S/C12H10N2O3/c1-8-3-2-4-11(10(8)7-15)14-6-9(5-13-14)12(16)17/h2-7H,1H3,(H,16,17). The van der Waals surface area contributed by atoms with E-state index in [1.54, 1.807) is 12.1 Å². The summed E-state index contributed by atoms with van der Waals surface area (Å²) in [5.74, 6) is -1.04. The topological polar surface area (TPSA) is 72.2 Å². The number of benzene rings is 1. The first-order valence-corrected chi connectivity index (χ1v) is 4.96. The lowest BCUT2D eigenvalue weighted by Gasteiger charge is -2.06. The summed E-state index contributed by atoms with van der Waals surface area (Å²) in [6.45, 7) is 1.81. The second-order valence-corrected chi connectivity index (χ2v) is 3.60. The third-order valence-corrected chi connectivity index (χ3v) is 2.50. The number of rotatable bonds is 3. The molecule has 0 atom stereocenters. The molecule has 0 spiro atoms. The molecule has 17 heavy (non-hydrogen) atoms. The van der Waals surface area contributed by atoms with Crippen molar-refractivity contribution in [1.82, 2.24) is 9.78 Å². The zero-order valence-corrected chi connectivity index (χ0v) is 9.12. The van der Waals surface area contributed by atoms with Crippen LogP contribution in [0.5, 0.6) is 0 Å². The minimum Gasteiger partial charge on any atom is -0.478 e. The summed E-state index contributed by atoms with van der Waals surface area (Å²) in [6, 6.07) is 5.32. The monoisotopic (exact) mass is 230 g/mol. The number of aldehydes is 1. The molecule has 1 N–H and O–H groups in total. The molecule has 2 aromatic rings. The van der Waals surface area contributed by atoms with E-state index >= 15 is 0 Å². The number of aromatic carboxylic acids is 1. The maximum absolute atomic E-state index is 11.0. The highest BCUT2D eigenvalue weighted by Gasteiger charge is 2.10. The molecule has 5 nitrogen and oxygen atoms in total. The van der Waals surface area contributed by atoms with Crippen LogP contribution in [-0.2, 0) is 0 Å². The van der Waals surface area contributed by atoms with Crippen LogP contribution in [0.4, 0.5) is 0 Å². The first-order chi connectivity index (χ1) is 8.13. The molecule has 0 aliphatic heterocycles. The lowest BCUT2D eigenvalue weighted by molar-refractivity contribution is 0.0696. The van der Waals surface area contributed by atoms with Crippen molar-refractivity contribution in [2.45, 2.75) is 6.92 Å². The molecule has 5 heteroatoms. The molecule has 0 amide bonds. The summed E-state index contributed by atoms with van der Waals surface area (Å²) in [5.41, 5.74) is 1.99. The summed E-state index contributed by atoms with van der Waals surface area (Å²) in [6.07, 6.45) is 3.37. The van der Waals surface area contributed by atoms with Crippen LogP contribution in [0, 0.1) is 6.92 Å². The third-order valence-electron chi connectivity index (χ3n) is 2.50. The summed E-state index contributed by atoms with van der Waals surface area (Å²) in [7, 11) is 0. The molecule has 0 aliphatic carbocycles. The minimum absolute atomic E-state index is 0.0864. The Labute approximate surface area is 97.3 Å². The Hall–Kier alpha value is -2.43. The fourth-order valence-electron chi connectivity index (χ4n) is 1.58. The molecular formula is C12H10N2O3. The molecule has 0 fully saturated rings. The molecular weight excluding hydrogens is 220 g/mol. The number of aromatic nitrogens is 2. The van der Waals surface area contributed by atoms with Gasteiger partial charge in [0.05, 0.1) is 17.4 Å². The van der Waals surface area contributed by atoms with Crippen LogP contribution in [0.25, 0.3) is 5.69 Å². The van der Waals surface area contributed by atoms with Gasteiger partial charge in [-0.3, -0.25) is 4.79 Å². The number of carbonyl (C=O) groups is 2. The Morgan fingerprint density at radius 3 is 2.82 bits per heavy atom. The van der Waals surface area contributed by atoms with E-state index in [9.17, 15) is 9.59 Å². The highest BCUT2D eigenvalue weighted by molar-refractivity contribution is 5.87. The first-order valence-electron chi connectivity index (χ1n) is 4.96. The molecule has 0 saturated carbocycles. The highest BCUT2D eigenvalue weighted by atomic mass is 16.4. The van der Waals surface area contributed by atoms with Crippen molar-refractivity contribution in [3.8, 4) is 5.69 Å². The van der Waals surface area contributed by atoms with Crippen LogP contribution in [0.3, 0.4) is 0 Å². The van der Waals surface area contributed by atoms with Gasteiger partial charge in [0.1, 0.15) is 0 Å². The second-order valence-electron chi connectivity index (χ2n) is 3.60. The fraction of sp³-hybridized carbons (Fsp3) is 0.0833. The zero-order valence-electron chi connectivity index (χ0n) is 9.12. The van der Waals surface area contributed by atoms with E-state index in [1.165, 1.54) is 17.1 Å². The number of hydrogen-bond donors (Lipinski definition) is 1. The lowest BCUT2D eigenvalue weighted by atomic mass is 10.1. The maximum Gasteiger partial charge on any atom is 0.338 e. The van der Waals surface area contributed by atoms with Gasteiger partial charge in [-0.2, -0.15) is 5.10 Å². The van der Waals surface area contributed by atoms with Crippen molar-refractivity contribution in [3.05, 3.63) is 47.3 Å². The van der Waals surface area contributed by atoms with Crippen molar-refractivity contribution >= 4 is 12.3 Å². The van der Waals surface area contributed by atoms with Gasteiger partial charge in [0.15, 0.2) is 6.29 Å². The van der Waals surface area contributed by atoms with Crippen LogP contribution in [0.1, 0.15) is 26.3 Å². The van der Waals surface area contributed by atoms with Gasteiger partial charge in [-0.15, -0.1) is 0 Å². The Morgan fingerprint density at radius 1 is 1.47 bits per heavy atom.